The van der Waals surface area contributed by atoms with Gasteiger partial charge in [-0.3, -0.25) is 18.9 Å². The van der Waals surface area contributed by atoms with Gasteiger partial charge in [0, 0.05) is 24.2 Å². The van der Waals surface area contributed by atoms with E-state index in [4.69, 9.17) is 17.3 Å². The molecule has 9 heteroatoms. The first-order chi connectivity index (χ1) is 13.5. The minimum atomic E-state index is -0.499. The van der Waals surface area contributed by atoms with Crippen LogP contribution in [0.4, 0.5) is 5.95 Å². The van der Waals surface area contributed by atoms with Gasteiger partial charge in [0.05, 0.1) is 6.54 Å². The number of aromatic nitrogens is 4. The molecule has 0 spiro atoms. The fourth-order valence-corrected chi connectivity index (χ4v) is 4.00. The summed E-state index contributed by atoms with van der Waals surface area (Å²) in [5, 5.41) is 4.02. The van der Waals surface area contributed by atoms with Crippen molar-refractivity contribution in [3.8, 4) is 0 Å². The van der Waals surface area contributed by atoms with Gasteiger partial charge < -0.3 is 11.1 Å². The number of aryl methyl sites for hydroxylation is 1. The molecule has 2 atom stereocenters. The van der Waals surface area contributed by atoms with Crippen LogP contribution in [0.1, 0.15) is 31.2 Å². The maximum absolute atomic E-state index is 12.6. The molecule has 8 nitrogen and oxygen atoms in total. The topological polar surface area (TPSA) is 111 Å². The Bertz CT molecular complexity index is 1130. The number of anilines is 1. The quantitative estimate of drug-likeness (QED) is 0.616. The highest BCUT2D eigenvalue weighted by molar-refractivity contribution is 6.31. The van der Waals surface area contributed by atoms with Crippen LogP contribution >= 0.6 is 11.6 Å². The van der Waals surface area contributed by atoms with Gasteiger partial charge in [0.2, 0.25) is 5.95 Å². The lowest BCUT2D eigenvalue weighted by Gasteiger charge is -2.29. The maximum Gasteiger partial charge on any atom is 0.329 e. The summed E-state index contributed by atoms with van der Waals surface area (Å²) < 4.78 is 3.11. The SMILES string of the molecule is Cn1c(=O)[nH]c(=O)c2c1nc(N[C@@H]1CCCC[C@H]1N)n2Cc1ccccc1Cl. The van der Waals surface area contributed by atoms with E-state index in [2.05, 4.69) is 15.3 Å². The highest BCUT2D eigenvalue weighted by Gasteiger charge is 2.25. The molecule has 0 radical (unpaired) electrons. The zero-order chi connectivity index (χ0) is 19.8. The predicted octanol–water partition coefficient (Wildman–Crippen LogP) is 1.81. The summed E-state index contributed by atoms with van der Waals surface area (Å²) in [6, 6.07) is 7.54. The second-order valence-electron chi connectivity index (χ2n) is 7.30. The van der Waals surface area contributed by atoms with E-state index in [1.807, 2.05) is 18.2 Å². The van der Waals surface area contributed by atoms with Gasteiger partial charge in [-0.2, -0.15) is 4.98 Å². The zero-order valence-corrected chi connectivity index (χ0v) is 16.4. The molecule has 2 aromatic heterocycles. The zero-order valence-electron chi connectivity index (χ0n) is 15.6. The van der Waals surface area contributed by atoms with Crippen LogP contribution in [-0.2, 0) is 13.6 Å². The van der Waals surface area contributed by atoms with E-state index < -0.39 is 11.2 Å². The summed E-state index contributed by atoms with van der Waals surface area (Å²) >= 11 is 6.34. The number of halogens is 1. The van der Waals surface area contributed by atoms with Gasteiger partial charge in [0.1, 0.15) is 0 Å². The van der Waals surface area contributed by atoms with Crippen LogP contribution in [0.3, 0.4) is 0 Å². The second-order valence-corrected chi connectivity index (χ2v) is 7.71. The molecule has 2 heterocycles. The summed E-state index contributed by atoms with van der Waals surface area (Å²) in [4.78, 5) is 31.6. The molecule has 4 N–H and O–H groups in total. The fraction of sp³-hybridized carbons (Fsp3) is 0.421. The van der Waals surface area contributed by atoms with Crippen molar-refractivity contribution < 1.29 is 0 Å². The Morgan fingerprint density at radius 1 is 1.29 bits per heavy atom. The Kier molecular flexibility index (Phi) is 4.99. The van der Waals surface area contributed by atoms with Gasteiger partial charge in [-0.1, -0.05) is 42.6 Å². The minimum absolute atomic E-state index is 0.0180. The van der Waals surface area contributed by atoms with Crippen LogP contribution in [0, 0.1) is 0 Å². The minimum Gasteiger partial charge on any atom is -0.351 e. The Labute approximate surface area is 166 Å². The van der Waals surface area contributed by atoms with E-state index in [0.29, 0.717) is 28.7 Å². The first-order valence-electron chi connectivity index (χ1n) is 9.41. The molecule has 3 aromatic rings. The van der Waals surface area contributed by atoms with Gasteiger partial charge >= 0.3 is 5.69 Å². The summed E-state index contributed by atoms with van der Waals surface area (Å²) in [6.07, 6.45) is 4.09. The Balaban J connectivity index is 1.86. The third-order valence-electron chi connectivity index (χ3n) is 5.43. The number of hydrogen-bond donors (Lipinski definition) is 3. The molecule has 0 unspecified atom stereocenters. The van der Waals surface area contributed by atoms with Gasteiger partial charge in [-0.15, -0.1) is 0 Å². The smallest absolute Gasteiger partial charge is 0.329 e. The number of rotatable bonds is 4. The number of nitrogens with zero attached hydrogens (tertiary/aromatic N) is 3. The van der Waals surface area contributed by atoms with Crippen LogP contribution in [0.5, 0.6) is 0 Å². The highest BCUT2D eigenvalue weighted by atomic mass is 35.5. The molecule has 148 valence electrons. The average molecular weight is 403 g/mol. The average Bonchev–Trinajstić information content (AvgIpc) is 3.02. The van der Waals surface area contributed by atoms with Crippen molar-refractivity contribution >= 4 is 28.7 Å². The van der Waals surface area contributed by atoms with E-state index in [-0.39, 0.29) is 12.1 Å². The van der Waals surface area contributed by atoms with E-state index in [1.165, 1.54) is 4.57 Å². The summed E-state index contributed by atoms with van der Waals surface area (Å²) in [5.74, 6) is 0.518. The molecule has 0 bridgehead atoms. The fourth-order valence-electron chi connectivity index (χ4n) is 3.80. The van der Waals surface area contributed by atoms with E-state index >= 15 is 0 Å². The monoisotopic (exact) mass is 402 g/mol. The second kappa shape index (κ2) is 7.44. The first kappa shape index (κ1) is 18.8. The molecule has 1 aliphatic rings. The molecule has 0 saturated heterocycles. The van der Waals surface area contributed by atoms with Crippen LogP contribution in [-0.4, -0.2) is 31.2 Å². The Morgan fingerprint density at radius 3 is 2.79 bits per heavy atom. The maximum atomic E-state index is 12.6. The third kappa shape index (κ3) is 3.33. The molecule has 1 aromatic carbocycles. The van der Waals surface area contributed by atoms with E-state index in [0.717, 1.165) is 31.2 Å². The Morgan fingerprint density at radius 2 is 2.04 bits per heavy atom. The summed E-state index contributed by atoms with van der Waals surface area (Å²) in [5.41, 5.74) is 6.82. The van der Waals surface area contributed by atoms with Crippen LogP contribution in [0.15, 0.2) is 33.9 Å². The standard InChI is InChI=1S/C19H23ClN6O2/c1-25-16-15(17(27)24-19(25)28)26(10-11-6-2-3-7-12(11)20)18(23-16)22-14-9-5-4-8-13(14)21/h2-3,6-7,13-14H,4-5,8-10,21H2,1H3,(H,22,23)(H,24,27,28)/t13-,14-/m1/s1. The third-order valence-corrected chi connectivity index (χ3v) is 5.80. The van der Waals surface area contributed by atoms with Crippen LogP contribution < -0.4 is 22.3 Å². The lowest BCUT2D eigenvalue weighted by Crippen LogP contribution is -2.43. The van der Waals surface area contributed by atoms with Crippen molar-refractivity contribution in [2.24, 2.45) is 12.8 Å². The number of nitrogens with one attached hydrogen (secondary N) is 2. The number of hydrogen-bond acceptors (Lipinski definition) is 5. The van der Waals surface area contributed by atoms with Gasteiger partial charge in [-0.25, -0.2) is 4.79 Å². The van der Waals surface area contributed by atoms with Crippen LogP contribution in [0.2, 0.25) is 5.02 Å². The molecule has 4 rings (SSSR count). The molecule has 1 aliphatic carbocycles. The molecule has 1 saturated carbocycles. The summed E-state index contributed by atoms with van der Waals surface area (Å²) in [7, 11) is 1.59. The number of fused-ring (bicyclic) bond motifs is 1. The molecule has 0 amide bonds. The highest BCUT2D eigenvalue weighted by Crippen LogP contribution is 2.25. The van der Waals surface area contributed by atoms with Crippen molar-refractivity contribution in [2.75, 3.05) is 5.32 Å². The van der Waals surface area contributed by atoms with Crippen LogP contribution in [0.25, 0.3) is 11.2 Å². The first-order valence-corrected chi connectivity index (χ1v) is 9.78. The van der Waals surface area contributed by atoms with Crippen molar-refractivity contribution in [3.05, 3.63) is 55.7 Å². The van der Waals surface area contributed by atoms with Crippen molar-refractivity contribution in [1.82, 2.24) is 19.1 Å². The van der Waals surface area contributed by atoms with Gasteiger partial charge in [0.15, 0.2) is 11.2 Å². The lowest BCUT2D eigenvalue weighted by atomic mass is 9.91. The summed E-state index contributed by atoms with van der Waals surface area (Å²) in [6.45, 7) is 0.349. The molecular weight excluding hydrogens is 380 g/mol. The number of aromatic amines is 1. The number of H-pyrrole nitrogens is 1. The van der Waals surface area contributed by atoms with E-state index in [9.17, 15) is 9.59 Å². The van der Waals surface area contributed by atoms with Crippen molar-refractivity contribution in [3.63, 3.8) is 0 Å². The lowest BCUT2D eigenvalue weighted by molar-refractivity contribution is 0.401. The Hall–Kier alpha value is -2.58. The molecule has 0 aliphatic heterocycles. The molecule has 28 heavy (non-hydrogen) atoms. The largest absolute Gasteiger partial charge is 0.351 e. The van der Waals surface area contributed by atoms with Crippen molar-refractivity contribution in [2.45, 2.75) is 44.3 Å². The molecular formula is C19H23ClN6O2. The van der Waals surface area contributed by atoms with Gasteiger partial charge in [-0.05, 0) is 24.5 Å². The van der Waals surface area contributed by atoms with Gasteiger partial charge in [0.25, 0.3) is 5.56 Å². The van der Waals surface area contributed by atoms with Crippen molar-refractivity contribution in [1.29, 1.82) is 0 Å². The number of benzene rings is 1. The normalized spacial score (nSPS) is 19.8. The van der Waals surface area contributed by atoms with E-state index in [1.54, 1.807) is 17.7 Å². The predicted molar refractivity (Wildman–Crippen MR) is 110 cm³/mol. The number of nitrogens with two attached hydrogens (primary N) is 1. The molecule has 1 fully saturated rings. The number of imidazole rings is 1.